The Morgan fingerprint density at radius 1 is 1.00 bits per heavy atom. The van der Waals surface area contributed by atoms with E-state index in [1.54, 1.807) is 10.6 Å². The quantitative estimate of drug-likeness (QED) is 0.686. The van der Waals surface area contributed by atoms with Crippen LogP contribution in [-0.2, 0) is 6.42 Å². The van der Waals surface area contributed by atoms with E-state index < -0.39 is 0 Å². The third-order valence-corrected chi connectivity index (χ3v) is 4.85. The van der Waals surface area contributed by atoms with Crippen LogP contribution in [0.25, 0.3) is 20.7 Å². The van der Waals surface area contributed by atoms with Crippen molar-refractivity contribution in [1.82, 2.24) is 4.57 Å². The maximum atomic E-state index is 12.2. The monoisotopic (exact) mass is 281 g/mol. The predicted molar refractivity (Wildman–Crippen MR) is 80.5 cm³/mol. The molecule has 2 aromatic heterocycles. The van der Waals surface area contributed by atoms with Crippen molar-refractivity contribution in [3.63, 3.8) is 0 Å². The van der Waals surface area contributed by atoms with Gasteiger partial charge in [0.1, 0.15) is 0 Å². The Balaban J connectivity index is 2.05. The van der Waals surface area contributed by atoms with Gasteiger partial charge in [0.25, 0.3) is 0 Å². The Hall–Kier alpha value is -2.20. The smallest absolute Gasteiger partial charge is 0.231 e. The summed E-state index contributed by atoms with van der Waals surface area (Å²) in [6, 6.07) is 13.5. The highest BCUT2D eigenvalue weighted by molar-refractivity contribution is 7.22. The summed E-state index contributed by atoms with van der Waals surface area (Å²) in [5.41, 5.74) is 2.70. The summed E-state index contributed by atoms with van der Waals surface area (Å²) in [7, 11) is 0. The van der Waals surface area contributed by atoms with Crippen LogP contribution >= 0.6 is 11.3 Å². The first-order valence-electron chi connectivity index (χ1n) is 6.51. The zero-order chi connectivity index (χ0) is 13.7. The molecule has 0 fully saturated rings. The largest absolute Gasteiger partial charge is 0.288 e. The molecule has 3 heterocycles. The van der Waals surface area contributed by atoms with Crippen LogP contribution in [0.3, 0.4) is 0 Å². The molecule has 0 saturated carbocycles. The van der Waals surface area contributed by atoms with Crippen molar-refractivity contribution >= 4 is 27.5 Å². The number of hydrogen-bond acceptors (Lipinski definition) is 3. The van der Waals surface area contributed by atoms with E-state index in [1.165, 1.54) is 11.3 Å². The average Bonchev–Trinajstić information content (AvgIpc) is 3.04. The second-order valence-corrected chi connectivity index (χ2v) is 5.97. The normalized spacial score (nSPS) is 13.9. The Morgan fingerprint density at radius 3 is 2.60 bits per heavy atom. The molecule has 0 unspecified atom stereocenters. The fourth-order valence-electron chi connectivity index (χ4n) is 2.73. The summed E-state index contributed by atoms with van der Waals surface area (Å²) in [4.78, 5) is 25.2. The third kappa shape index (κ3) is 1.58. The van der Waals surface area contributed by atoms with E-state index in [-0.39, 0.29) is 11.3 Å². The average molecular weight is 281 g/mol. The van der Waals surface area contributed by atoms with Crippen molar-refractivity contribution in [3.05, 3.63) is 58.4 Å². The lowest BCUT2D eigenvalue weighted by Gasteiger charge is -2.02. The van der Waals surface area contributed by atoms with Gasteiger partial charge in [0, 0.05) is 23.1 Å². The molecule has 1 aliphatic rings. The van der Waals surface area contributed by atoms with Crippen molar-refractivity contribution in [1.29, 1.82) is 0 Å². The maximum Gasteiger partial charge on any atom is 0.231 e. The highest BCUT2D eigenvalue weighted by Crippen LogP contribution is 2.33. The lowest BCUT2D eigenvalue weighted by molar-refractivity contribution is 0.0928. The van der Waals surface area contributed by atoms with E-state index in [9.17, 15) is 9.59 Å². The van der Waals surface area contributed by atoms with Crippen LogP contribution in [-0.4, -0.2) is 10.5 Å². The van der Waals surface area contributed by atoms with Crippen LogP contribution in [0.4, 0.5) is 0 Å². The summed E-state index contributed by atoms with van der Waals surface area (Å²) in [6.45, 7) is 0. The first-order valence-corrected chi connectivity index (χ1v) is 7.33. The van der Waals surface area contributed by atoms with Crippen molar-refractivity contribution in [2.45, 2.75) is 12.8 Å². The van der Waals surface area contributed by atoms with Crippen LogP contribution in [0.1, 0.15) is 16.9 Å². The highest BCUT2D eigenvalue weighted by Gasteiger charge is 2.22. The van der Waals surface area contributed by atoms with Gasteiger partial charge in [0.15, 0.2) is 5.43 Å². The fraction of sp³-hybridized carbons (Fsp3) is 0.125. The van der Waals surface area contributed by atoms with E-state index in [0.29, 0.717) is 17.5 Å². The van der Waals surface area contributed by atoms with E-state index in [0.717, 1.165) is 21.7 Å². The topological polar surface area (TPSA) is 39.1 Å². The number of carbonyl (C=O) groups excluding carboxylic acids is 1. The van der Waals surface area contributed by atoms with Crippen molar-refractivity contribution in [2.24, 2.45) is 0 Å². The number of hydrogen-bond donors (Lipinski definition) is 0. The molecule has 1 aromatic carbocycles. The van der Waals surface area contributed by atoms with Gasteiger partial charge < -0.3 is 0 Å². The number of benzene rings is 1. The maximum absolute atomic E-state index is 12.2. The predicted octanol–water partition coefficient (Wildman–Crippen LogP) is 3.32. The van der Waals surface area contributed by atoms with Gasteiger partial charge in [-0.25, -0.2) is 0 Å². The van der Waals surface area contributed by atoms with Gasteiger partial charge in [-0.05, 0) is 18.1 Å². The number of carbonyl (C=O) groups is 1. The Morgan fingerprint density at radius 2 is 1.80 bits per heavy atom. The van der Waals surface area contributed by atoms with Gasteiger partial charge in [0.2, 0.25) is 5.91 Å². The molecule has 0 atom stereocenters. The second-order valence-electron chi connectivity index (χ2n) is 4.92. The van der Waals surface area contributed by atoms with Crippen LogP contribution in [0, 0.1) is 0 Å². The van der Waals surface area contributed by atoms with E-state index >= 15 is 0 Å². The minimum Gasteiger partial charge on any atom is -0.288 e. The fourth-order valence-corrected chi connectivity index (χ4v) is 3.79. The zero-order valence-electron chi connectivity index (χ0n) is 10.6. The molecule has 3 nitrogen and oxygen atoms in total. The summed E-state index contributed by atoms with van der Waals surface area (Å²) < 4.78 is 2.38. The molecule has 98 valence electrons. The first kappa shape index (κ1) is 11.6. The molecule has 0 N–H and O–H groups in total. The Kier molecular flexibility index (Phi) is 2.41. The molecule has 3 aromatic rings. The van der Waals surface area contributed by atoms with Crippen LogP contribution < -0.4 is 5.43 Å². The second kappa shape index (κ2) is 4.15. The van der Waals surface area contributed by atoms with Gasteiger partial charge >= 0.3 is 0 Å². The molecule has 0 bridgehead atoms. The number of rotatable bonds is 1. The Labute approximate surface area is 119 Å². The lowest BCUT2D eigenvalue weighted by atomic mass is 10.2. The van der Waals surface area contributed by atoms with Gasteiger partial charge in [-0.2, -0.15) is 0 Å². The molecular formula is C16H11NO2S. The lowest BCUT2D eigenvalue weighted by Crippen LogP contribution is -2.11. The molecule has 4 heteroatoms. The zero-order valence-corrected chi connectivity index (χ0v) is 11.4. The summed E-state index contributed by atoms with van der Waals surface area (Å²) in [6.07, 6.45) is 1.16. The van der Waals surface area contributed by atoms with Gasteiger partial charge in [-0.3, -0.25) is 14.2 Å². The summed E-state index contributed by atoms with van der Waals surface area (Å²) in [5, 5.41) is 0. The van der Waals surface area contributed by atoms with Gasteiger partial charge in [0.05, 0.1) is 10.2 Å². The molecule has 4 rings (SSSR count). The SMILES string of the molecule is O=C1CCc2cc(=O)c3sc(-c4ccccc4)cc3n21. The first-order chi connectivity index (χ1) is 9.74. The third-order valence-electron chi connectivity index (χ3n) is 3.66. The van der Waals surface area contributed by atoms with Crippen molar-refractivity contribution in [2.75, 3.05) is 0 Å². The molecule has 20 heavy (non-hydrogen) atoms. The van der Waals surface area contributed by atoms with E-state index in [4.69, 9.17) is 0 Å². The highest BCUT2D eigenvalue weighted by atomic mass is 32.1. The van der Waals surface area contributed by atoms with Gasteiger partial charge in [-0.15, -0.1) is 11.3 Å². The summed E-state index contributed by atoms with van der Waals surface area (Å²) >= 11 is 1.46. The summed E-state index contributed by atoms with van der Waals surface area (Å²) in [5.74, 6) is 0.0856. The van der Waals surface area contributed by atoms with Crippen molar-refractivity contribution < 1.29 is 4.79 Å². The molecular weight excluding hydrogens is 270 g/mol. The number of pyridine rings is 1. The molecule has 0 saturated heterocycles. The number of nitrogens with zero attached hydrogens (tertiary/aromatic N) is 1. The Bertz CT molecular complexity index is 890. The van der Waals surface area contributed by atoms with E-state index in [1.807, 2.05) is 36.4 Å². The van der Waals surface area contributed by atoms with E-state index in [2.05, 4.69) is 0 Å². The van der Waals surface area contributed by atoms with Gasteiger partial charge in [-0.1, -0.05) is 30.3 Å². The molecule has 0 radical (unpaired) electrons. The number of aryl methyl sites for hydroxylation is 1. The van der Waals surface area contributed by atoms with Crippen LogP contribution in [0.15, 0.2) is 47.3 Å². The number of aromatic nitrogens is 1. The van der Waals surface area contributed by atoms with Crippen LogP contribution in [0.2, 0.25) is 0 Å². The molecule has 0 aliphatic carbocycles. The molecule has 0 amide bonds. The number of fused-ring (bicyclic) bond motifs is 3. The number of thiophene rings is 1. The van der Waals surface area contributed by atoms with Crippen LogP contribution in [0.5, 0.6) is 0 Å². The standard InChI is InChI=1S/C16H11NO2S/c18-13-8-11-6-7-15(19)17(11)12-9-14(20-16(12)13)10-4-2-1-3-5-10/h1-5,8-9H,6-7H2. The minimum atomic E-state index is 0.0214. The minimum absolute atomic E-state index is 0.0214. The molecule has 0 spiro atoms. The van der Waals surface area contributed by atoms with Crippen molar-refractivity contribution in [3.8, 4) is 10.4 Å². The molecule has 1 aliphatic heterocycles.